The van der Waals surface area contributed by atoms with Crippen LogP contribution in [0, 0.1) is 0 Å². The molecule has 6 aromatic rings. The van der Waals surface area contributed by atoms with E-state index in [2.05, 4.69) is 0 Å². The lowest BCUT2D eigenvalue weighted by atomic mass is 9.95. The smallest absolute Gasteiger partial charge is 0.187 e. The Morgan fingerprint density at radius 1 is 0.354 bits per heavy atom. The fourth-order valence-corrected chi connectivity index (χ4v) is 8.12. The van der Waals surface area contributed by atoms with Crippen LogP contribution >= 0.6 is 0 Å². The van der Waals surface area contributed by atoms with Gasteiger partial charge in [-0.1, -0.05) is 182 Å². The predicted molar refractivity (Wildman–Crippen MR) is 243 cm³/mol. The zero-order chi connectivity index (χ0) is 44.5. The summed E-state index contributed by atoms with van der Waals surface area (Å²) in [5, 5.41) is 22.5. The number of benzene rings is 6. The molecule has 0 spiro atoms. The van der Waals surface area contributed by atoms with Gasteiger partial charge in [-0.05, 0) is 33.4 Å². The molecule has 0 aromatic heterocycles. The Morgan fingerprint density at radius 3 is 1.09 bits per heavy atom. The fraction of sp³-hybridized carbons (Fsp3) is 0.333. The highest BCUT2D eigenvalue weighted by atomic mass is 16.7. The Morgan fingerprint density at radius 2 is 0.692 bits per heavy atom. The SMILES string of the molecule is OC[C@H]1O[C@H](O)[C@H](OCc2ccccc2)[C@@H](OCc2ccccc2)[C@H]1O[C@@H]1O[C@H](COCc2ccccc2)[C@@H](OCc2ccccc2)[C@H](OCc2ccccc2)[C@H]1OCc1ccccc1. The Balaban J connectivity index is 1.16. The normalized spacial score (nSPS) is 25.6. The molecule has 2 N–H and O–H groups in total. The molecule has 11 nitrogen and oxygen atoms in total. The summed E-state index contributed by atoms with van der Waals surface area (Å²) in [5.74, 6) is 0. The summed E-state index contributed by atoms with van der Waals surface area (Å²) in [6, 6.07) is 59.0. The van der Waals surface area contributed by atoms with Gasteiger partial charge in [-0.25, -0.2) is 0 Å². The van der Waals surface area contributed by atoms with Crippen molar-refractivity contribution in [3.63, 3.8) is 0 Å². The Bertz CT molecular complexity index is 2210. The van der Waals surface area contributed by atoms with Gasteiger partial charge in [0.25, 0.3) is 0 Å². The van der Waals surface area contributed by atoms with E-state index in [4.69, 9.17) is 42.6 Å². The molecular weight excluding hydrogens is 825 g/mol. The maximum absolute atomic E-state index is 11.5. The van der Waals surface area contributed by atoms with Gasteiger partial charge in [-0.15, -0.1) is 0 Å². The van der Waals surface area contributed by atoms with E-state index >= 15 is 0 Å². The minimum absolute atomic E-state index is 0.116. The van der Waals surface area contributed by atoms with E-state index in [1.807, 2.05) is 182 Å². The minimum Gasteiger partial charge on any atom is -0.394 e. The molecule has 340 valence electrons. The van der Waals surface area contributed by atoms with Crippen molar-refractivity contribution in [3.8, 4) is 0 Å². The van der Waals surface area contributed by atoms with Crippen LogP contribution in [-0.4, -0.2) is 84.8 Å². The second-order valence-electron chi connectivity index (χ2n) is 16.2. The molecule has 2 fully saturated rings. The minimum atomic E-state index is -1.45. The van der Waals surface area contributed by atoms with Crippen molar-refractivity contribution in [1.82, 2.24) is 0 Å². The molecule has 6 aromatic carbocycles. The molecule has 0 unspecified atom stereocenters. The van der Waals surface area contributed by atoms with Gasteiger partial charge >= 0.3 is 0 Å². The summed E-state index contributed by atoms with van der Waals surface area (Å²) in [6.45, 7) is 0.970. The van der Waals surface area contributed by atoms with Gasteiger partial charge in [0.2, 0.25) is 0 Å². The van der Waals surface area contributed by atoms with E-state index in [9.17, 15) is 10.2 Å². The molecule has 0 saturated carbocycles. The summed E-state index contributed by atoms with van der Waals surface area (Å²) in [7, 11) is 0. The Kier molecular flexibility index (Phi) is 17.4. The number of hydrogen-bond acceptors (Lipinski definition) is 11. The molecule has 11 heteroatoms. The van der Waals surface area contributed by atoms with Crippen molar-refractivity contribution in [2.45, 2.75) is 101 Å². The second-order valence-corrected chi connectivity index (χ2v) is 16.2. The number of ether oxygens (including phenoxy) is 9. The third-order valence-corrected chi connectivity index (χ3v) is 11.5. The van der Waals surface area contributed by atoms with Crippen LogP contribution in [0.5, 0.6) is 0 Å². The highest BCUT2D eigenvalue weighted by Crippen LogP contribution is 2.36. The first-order valence-electron chi connectivity index (χ1n) is 22.3. The van der Waals surface area contributed by atoms with Crippen LogP contribution < -0.4 is 0 Å². The fourth-order valence-electron chi connectivity index (χ4n) is 8.12. The van der Waals surface area contributed by atoms with Crippen molar-refractivity contribution in [2.75, 3.05) is 13.2 Å². The molecule has 0 bridgehead atoms. The van der Waals surface area contributed by atoms with Gasteiger partial charge in [-0.3, -0.25) is 0 Å². The summed E-state index contributed by atoms with van der Waals surface area (Å²) >= 11 is 0. The van der Waals surface area contributed by atoms with Gasteiger partial charge in [0.15, 0.2) is 12.6 Å². The van der Waals surface area contributed by atoms with Crippen molar-refractivity contribution >= 4 is 0 Å². The van der Waals surface area contributed by atoms with Gasteiger partial charge in [-0.2, -0.15) is 0 Å². The third kappa shape index (κ3) is 13.3. The summed E-state index contributed by atoms with van der Waals surface area (Å²) in [4.78, 5) is 0. The molecule has 65 heavy (non-hydrogen) atoms. The van der Waals surface area contributed by atoms with Crippen LogP contribution in [0.3, 0.4) is 0 Å². The van der Waals surface area contributed by atoms with Crippen LogP contribution in [0.4, 0.5) is 0 Å². The Hall–Kier alpha value is -5.12. The van der Waals surface area contributed by atoms with E-state index in [1.54, 1.807) is 0 Å². The maximum Gasteiger partial charge on any atom is 0.187 e. The standard InChI is InChI=1S/C54H58O11/c55-31-45-48(50(60-35-42-25-13-4-14-26-42)51(53(56)63-45)61-36-43-27-15-5-16-28-43)65-54-52(62-37-44-29-17-6-18-30-44)49(59-34-41-23-11-3-12-24-41)47(58-33-40-21-9-2-10-22-40)46(64-54)38-57-32-39-19-7-1-8-20-39/h1-30,45-56H,31-38H2/t45-,46-,47-,48+,49+,50+,51-,52-,53+,54+/m1/s1. The lowest BCUT2D eigenvalue weighted by Crippen LogP contribution is -2.66. The molecule has 0 radical (unpaired) electrons. The average molecular weight is 883 g/mol. The predicted octanol–water partition coefficient (Wildman–Crippen LogP) is 7.95. The molecule has 2 aliphatic heterocycles. The maximum atomic E-state index is 11.5. The zero-order valence-corrected chi connectivity index (χ0v) is 36.3. The van der Waals surface area contributed by atoms with Crippen LogP contribution in [-0.2, 0) is 82.3 Å². The van der Waals surface area contributed by atoms with E-state index in [0.29, 0.717) is 6.61 Å². The number of aliphatic hydroxyl groups excluding tert-OH is 2. The van der Waals surface area contributed by atoms with Crippen molar-refractivity contribution < 1.29 is 52.8 Å². The summed E-state index contributed by atoms with van der Waals surface area (Å²) in [6.07, 6.45) is -9.81. The van der Waals surface area contributed by atoms with Crippen LogP contribution in [0.2, 0.25) is 0 Å². The molecule has 8 rings (SSSR count). The number of hydrogen-bond donors (Lipinski definition) is 2. The van der Waals surface area contributed by atoms with E-state index in [0.717, 1.165) is 33.4 Å². The molecule has 0 amide bonds. The second kappa shape index (κ2) is 24.4. The van der Waals surface area contributed by atoms with Crippen molar-refractivity contribution in [1.29, 1.82) is 0 Å². The van der Waals surface area contributed by atoms with Crippen LogP contribution in [0.15, 0.2) is 182 Å². The van der Waals surface area contributed by atoms with Crippen LogP contribution in [0.25, 0.3) is 0 Å². The van der Waals surface area contributed by atoms with E-state index in [1.165, 1.54) is 0 Å². The Labute approximate surface area is 381 Å². The van der Waals surface area contributed by atoms with Gasteiger partial charge in [0.05, 0.1) is 52.9 Å². The number of aliphatic hydroxyl groups is 2. The average Bonchev–Trinajstić information content (AvgIpc) is 3.36. The highest BCUT2D eigenvalue weighted by molar-refractivity contribution is 5.18. The lowest BCUT2D eigenvalue weighted by molar-refractivity contribution is -0.373. The van der Waals surface area contributed by atoms with E-state index in [-0.39, 0.29) is 39.6 Å². The van der Waals surface area contributed by atoms with Gasteiger partial charge < -0.3 is 52.8 Å². The first-order chi connectivity index (χ1) is 32.1. The van der Waals surface area contributed by atoms with Crippen molar-refractivity contribution in [3.05, 3.63) is 215 Å². The van der Waals surface area contributed by atoms with E-state index < -0.39 is 68.0 Å². The first kappa shape index (κ1) is 46.4. The first-order valence-corrected chi connectivity index (χ1v) is 22.3. The lowest BCUT2D eigenvalue weighted by Gasteiger charge is -2.49. The molecule has 10 atom stereocenters. The van der Waals surface area contributed by atoms with Gasteiger partial charge in [0, 0.05) is 0 Å². The van der Waals surface area contributed by atoms with Crippen molar-refractivity contribution in [2.24, 2.45) is 0 Å². The monoisotopic (exact) mass is 882 g/mol. The molecule has 0 aliphatic carbocycles. The summed E-state index contributed by atoms with van der Waals surface area (Å²) < 4.78 is 60.5. The molecule has 2 aliphatic rings. The number of rotatable bonds is 22. The topological polar surface area (TPSA) is 124 Å². The largest absolute Gasteiger partial charge is 0.394 e. The molecule has 2 heterocycles. The molecule has 2 saturated heterocycles. The zero-order valence-electron chi connectivity index (χ0n) is 36.3. The van der Waals surface area contributed by atoms with Crippen LogP contribution in [0.1, 0.15) is 33.4 Å². The quantitative estimate of drug-likeness (QED) is 0.0691. The summed E-state index contributed by atoms with van der Waals surface area (Å²) in [5.41, 5.74) is 5.66. The van der Waals surface area contributed by atoms with Gasteiger partial charge in [0.1, 0.15) is 48.8 Å². The highest BCUT2D eigenvalue weighted by Gasteiger charge is 2.54. The molecular formula is C54H58O11. The third-order valence-electron chi connectivity index (χ3n) is 11.5.